The summed E-state index contributed by atoms with van der Waals surface area (Å²) in [6.45, 7) is 6.45. The molecule has 7 nitrogen and oxygen atoms in total. The van der Waals surface area contributed by atoms with Crippen molar-refractivity contribution in [1.29, 1.82) is 0 Å². The zero-order valence-corrected chi connectivity index (χ0v) is 16.6. The zero-order valence-electron chi connectivity index (χ0n) is 15.8. The van der Waals surface area contributed by atoms with Crippen molar-refractivity contribution in [3.8, 4) is 11.3 Å². The van der Waals surface area contributed by atoms with E-state index in [0.717, 1.165) is 25.9 Å². The number of benzene rings is 1. The van der Waals surface area contributed by atoms with Gasteiger partial charge in [-0.2, -0.15) is 0 Å². The highest BCUT2D eigenvalue weighted by Gasteiger charge is 2.21. The average molecular weight is 394 g/mol. The van der Waals surface area contributed by atoms with Crippen LogP contribution >= 0.6 is 0 Å². The SMILES string of the molecule is Cc1ncc(-c2ccc(C)c(S(=O)(=O)NCCN3CCC[C@H](CO)C3)c2)o1. The van der Waals surface area contributed by atoms with Gasteiger partial charge in [-0.3, -0.25) is 0 Å². The van der Waals surface area contributed by atoms with Gasteiger partial charge >= 0.3 is 0 Å². The van der Waals surface area contributed by atoms with Gasteiger partial charge in [-0.05, 0) is 43.9 Å². The predicted molar refractivity (Wildman–Crippen MR) is 103 cm³/mol. The van der Waals surface area contributed by atoms with Gasteiger partial charge < -0.3 is 14.4 Å². The van der Waals surface area contributed by atoms with Crippen LogP contribution in [-0.4, -0.2) is 56.2 Å². The van der Waals surface area contributed by atoms with Crippen molar-refractivity contribution in [3.05, 3.63) is 35.9 Å². The van der Waals surface area contributed by atoms with E-state index >= 15 is 0 Å². The fourth-order valence-electron chi connectivity index (χ4n) is 3.46. The third-order valence-electron chi connectivity index (χ3n) is 4.96. The molecule has 1 aromatic heterocycles. The molecule has 1 aliphatic rings. The Hall–Kier alpha value is -1.74. The molecule has 2 N–H and O–H groups in total. The molecule has 0 aliphatic carbocycles. The highest BCUT2D eigenvalue weighted by atomic mass is 32.2. The molecule has 0 saturated carbocycles. The van der Waals surface area contributed by atoms with Crippen LogP contribution in [-0.2, 0) is 10.0 Å². The lowest BCUT2D eigenvalue weighted by atomic mass is 9.99. The van der Waals surface area contributed by atoms with Crippen LogP contribution < -0.4 is 4.72 Å². The van der Waals surface area contributed by atoms with E-state index in [1.54, 1.807) is 32.2 Å². The van der Waals surface area contributed by atoms with E-state index in [4.69, 9.17) is 4.42 Å². The van der Waals surface area contributed by atoms with Gasteiger partial charge in [0.25, 0.3) is 0 Å². The van der Waals surface area contributed by atoms with Crippen molar-refractivity contribution >= 4 is 10.0 Å². The van der Waals surface area contributed by atoms with E-state index in [-0.39, 0.29) is 11.5 Å². The number of hydrogen-bond donors (Lipinski definition) is 2. The topological polar surface area (TPSA) is 95.7 Å². The molecular formula is C19H27N3O4S. The van der Waals surface area contributed by atoms with E-state index in [0.29, 0.717) is 41.8 Å². The summed E-state index contributed by atoms with van der Waals surface area (Å²) in [7, 11) is -3.62. The molecular weight excluding hydrogens is 366 g/mol. The number of aliphatic hydroxyl groups excluding tert-OH is 1. The van der Waals surface area contributed by atoms with Crippen molar-refractivity contribution in [2.75, 3.05) is 32.8 Å². The van der Waals surface area contributed by atoms with Crippen molar-refractivity contribution < 1.29 is 17.9 Å². The molecule has 3 rings (SSSR count). The Morgan fingerprint density at radius 2 is 2.19 bits per heavy atom. The molecule has 148 valence electrons. The molecule has 0 unspecified atom stereocenters. The number of aromatic nitrogens is 1. The standard InChI is InChI=1S/C19H27N3O4S/c1-14-5-6-17(18-11-20-15(2)26-18)10-19(14)27(24,25)21-7-9-22-8-3-4-16(12-22)13-23/h5-6,10-11,16,21,23H,3-4,7-9,12-13H2,1-2H3/t16-/m0/s1. The highest BCUT2D eigenvalue weighted by Crippen LogP contribution is 2.25. The van der Waals surface area contributed by atoms with Crippen LogP contribution in [0.25, 0.3) is 11.3 Å². The first-order valence-corrected chi connectivity index (χ1v) is 10.7. The van der Waals surface area contributed by atoms with Crippen LogP contribution in [0, 0.1) is 19.8 Å². The van der Waals surface area contributed by atoms with Crippen LogP contribution in [0.3, 0.4) is 0 Å². The fraction of sp³-hybridized carbons (Fsp3) is 0.526. The number of nitrogens with one attached hydrogen (secondary N) is 1. The number of sulfonamides is 1. The number of hydrogen-bond acceptors (Lipinski definition) is 6. The largest absolute Gasteiger partial charge is 0.441 e. The summed E-state index contributed by atoms with van der Waals surface area (Å²) in [5, 5.41) is 9.31. The normalized spacial score (nSPS) is 18.7. The predicted octanol–water partition coefficient (Wildman–Crippen LogP) is 1.94. The lowest BCUT2D eigenvalue weighted by Crippen LogP contribution is -2.41. The van der Waals surface area contributed by atoms with Crippen LogP contribution in [0.15, 0.2) is 33.7 Å². The second-order valence-corrected chi connectivity index (χ2v) is 8.85. The molecule has 1 aliphatic heterocycles. The quantitative estimate of drug-likeness (QED) is 0.746. The monoisotopic (exact) mass is 393 g/mol. The van der Waals surface area contributed by atoms with Crippen LogP contribution in [0.4, 0.5) is 0 Å². The number of piperidine rings is 1. The van der Waals surface area contributed by atoms with Crippen molar-refractivity contribution in [3.63, 3.8) is 0 Å². The lowest BCUT2D eigenvalue weighted by molar-refractivity contribution is 0.122. The van der Waals surface area contributed by atoms with Gasteiger partial charge in [0.05, 0.1) is 11.1 Å². The first-order chi connectivity index (χ1) is 12.9. The molecule has 1 fully saturated rings. The van der Waals surface area contributed by atoms with Crippen molar-refractivity contribution in [2.24, 2.45) is 5.92 Å². The molecule has 1 atom stereocenters. The first kappa shape index (κ1) is 20.0. The van der Waals surface area contributed by atoms with E-state index < -0.39 is 10.0 Å². The molecule has 2 heterocycles. The third kappa shape index (κ3) is 4.95. The first-order valence-electron chi connectivity index (χ1n) is 9.25. The maximum absolute atomic E-state index is 12.8. The van der Waals surface area contributed by atoms with Gasteiger partial charge in [-0.1, -0.05) is 12.1 Å². The molecule has 2 aromatic rings. The number of likely N-dealkylation sites (tertiary alicyclic amines) is 1. The fourth-order valence-corrected chi connectivity index (χ4v) is 4.75. The van der Waals surface area contributed by atoms with Gasteiger partial charge in [0, 0.05) is 38.7 Å². The average Bonchev–Trinajstić information content (AvgIpc) is 3.08. The molecule has 0 bridgehead atoms. The van der Waals surface area contributed by atoms with Crippen molar-refractivity contribution in [1.82, 2.24) is 14.6 Å². The smallest absolute Gasteiger partial charge is 0.240 e. The Morgan fingerprint density at radius 1 is 1.37 bits per heavy atom. The Morgan fingerprint density at radius 3 is 2.89 bits per heavy atom. The summed E-state index contributed by atoms with van der Waals surface area (Å²) in [6.07, 6.45) is 3.67. The summed E-state index contributed by atoms with van der Waals surface area (Å²) in [5.74, 6) is 1.38. The van der Waals surface area contributed by atoms with Crippen LogP contribution in [0.1, 0.15) is 24.3 Å². The summed E-state index contributed by atoms with van der Waals surface area (Å²) < 4.78 is 33.8. The van der Waals surface area contributed by atoms with Gasteiger partial charge in [0.2, 0.25) is 10.0 Å². The second kappa shape index (κ2) is 8.52. The summed E-state index contributed by atoms with van der Waals surface area (Å²) in [5.41, 5.74) is 1.36. The van der Waals surface area contributed by atoms with Gasteiger partial charge in [0.1, 0.15) is 0 Å². The minimum absolute atomic E-state index is 0.190. The lowest BCUT2D eigenvalue weighted by Gasteiger charge is -2.31. The Labute approximate surface area is 160 Å². The van der Waals surface area contributed by atoms with E-state index in [1.165, 1.54) is 0 Å². The summed E-state index contributed by atoms with van der Waals surface area (Å²) in [4.78, 5) is 6.52. The molecule has 0 spiro atoms. The van der Waals surface area contributed by atoms with Crippen molar-refractivity contribution in [2.45, 2.75) is 31.6 Å². The summed E-state index contributed by atoms with van der Waals surface area (Å²) in [6, 6.07) is 5.23. The number of nitrogens with zero attached hydrogens (tertiary/aromatic N) is 2. The minimum atomic E-state index is -3.62. The maximum Gasteiger partial charge on any atom is 0.240 e. The van der Waals surface area contributed by atoms with Crippen LogP contribution in [0.2, 0.25) is 0 Å². The minimum Gasteiger partial charge on any atom is -0.441 e. The van der Waals surface area contributed by atoms with Gasteiger partial charge in [0.15, 0.2) is 11.7 Å². The second-order valence-electron chi connectivity index (χ2n) is 7.11. The molecule has 0 amide bonds. The van der Waals surface area contributed by atoms with E-state index in [1.807, 2.05) is 6.07 Å². The number of rotatable bonds is 7. The zero-order chi connectivity index (χ0) is 19.4. The molecule has 8 heteroatoms. The molecule has 1 aromatic carbocycles. The van der Waals surface area contributed by atoms with Gasteiger partial charge in [-0.15, -0.1) is 0 Å². The molecule has 0 radical (unpaired) electrons. The Bertz CT molecular complexity index is 879. The van der Waals surface area contributed by atoms with Gasteiger partial charge in [-0.25, -0.2) is 18.1 Å². The number of aryl methyl sites for hydroxylation is 2. The molecule has 27 heavy (non-hydrogen) atoms. The van der Waals surface area contributed by atoms with Crippen LogP contribution in [0.5, 0.6) is 0 Å². The maximum atomic E-state index is 12.8. The number of oxazole rings is 1. The highest BCUT2D eigenvalue weighted by molar-refractivity contribution is 7.89. The number of aliphatic hydroxyl groups is 1. The third-order valence-corrected chi connectivity index (χ3v) is 6.57. The van der Waals surface area contributed by atoms with E-state index in [2.05, 4.69) is 14.6 Å². The summed E-state index contributed by atoms with van der Waals surface area (Å²) >= 11 is 0. The Kier molecular flexibility index (Phi) is 6.31. The molecule has 1 saturated heterocycles. The Balaban J connectivity index is 1.67. The van der Waals surface area contributed by atoms with E-state index in [9.17, 15) is 13.5 Å².